The summed E-state index contributed by atoms with van der Waals surface area (Å²) >= 11 is 0. The molecule has 2 aromatic heterocycles. The third-order valence-electron chi connectivity index (χ3n) is 7.12. The Morgan fingerprint density at radius 1 is 1.02 bits per heavy atom. The van der Waals surface area contributed by atoms with E-state index in [1.165, 1.54) is 0 Å². The molecule has 216 valence electrons. The van der Waals surface area contributed by atoms with Crippen molar-refractivity contribution in [2.45, 2.75) is 53.4 Å². The Bertz CT molecular complexity index is 1560. The van der Waals surface area contributed by atoms with E-state index in [9.17, 15) is 13.6 Å². The number of ether oxygens (including phenoxy) is 2. The standard InChI is InChI=1S/C31H35F2N5O3/c1-20-16-28(36-12-14-37(15-13-36)30(39)41-31(3,4)5)34-18-24(20)22-10-11-25-26(17-22)38(21(2)35-25)19-23-8-6-7-9-27(23)40-29(32)33/h6-11,16-18,29H,12-15,19H2,1-5H3. The molecular formula is C31H35F2N5O3. The molecule has 1 aliphatic heterocycles. The number of piperazine rings is 1. The molecule has 4 aromatic rings. The Hall–Kier alpha value is -4.21. The maximum absolute atomic E-state index is 13.0. The third kappa shape index (κ3) is 6.42. The van der Waals surface area contributed by atoms with Crippen LogP contribution in [0.1, 0.15) is 37.7 Å². The van der Waals surface area contributed by atoms with Crippen LogP contribution in [0.5, 0.6) is 5.75 Å². The summed E-state index contributed by atoms with van der Waals surface area (Å²) in [7, 11) is 0. The molecule has 41 heavy (non-hydrogen) atoms. The van der Waals surface area contributed by atoms with Gasteiger partial charge in [-0.15, -0.1) is 0 Å². The van der Waals surface area contributed by atoms with Crippen LogP contribution in [-0.2, 0) is 11.3 Å². The molecule has 0 spiro atoms. The summed E-state index contributed by atoms with van der Waals surface area (Å²) in [5.41, 5.74) is 4.90. The number of carbonyl (C=O) groups is 1. The Labute approximate surface area is 238 Å². The van der Waals surface area contributed by atoms with Crippen molar-refractivity contribution < 1.29 is 23.0 Å². The molecular weight excluding hydrogens is 528 g/mol. The molecule has 0 unspecified atom stereocenters. The van der Waals surface area contributed by atoms with Gasteiger partial charge in [0, 0.05) is 43.5 Å². The van der Waals surface area contributed by atoms with Crippen LogP contribution >= 0.6 is 0 Å². The van der Waals surface area contributed by atoms with Gasteiger partial charge in [-0.05, 0) is 70.0 Å². The van der Waals surface area contributed by atoms with Gasteiger partial charge in [-0.3, -0.25) is 0 Å². The number of benzene rings is 2. The number of alkyl halides is 2. The summed E-state index contributed by atoms with van der Waals surface area (Å²) in [6.07, 6.45) is 1.59. The van der Waals surface area contributed by atoms with Crippen molar-refractivity contribution in [3.8, 4) is 16.9 Å². The Morgan fingerprint density at radius 2 is 1.76 bits per heavy atom. The highest BCUT2D eigenvalue weighted by Gasteiger charge is 2.26. The van der Waals surface area contributed by atoms with E-state index in [-0.39, 0.29) is 11.8 Å². The smallest absolute Gasteiger partial charge is 0.410 e. The van der Waals surface area contributed by atoms with Gasteiger partial charge >= 0.3 is 12.7 Å². The predicted molar refractivity (Wildman–Crippen MR) is 155 cm³/mol. The number of hydrogen-bond acceptors (Lipinski definition) is 6. The first-order valence-corrected chi connectivity index (χ1v) is 13.7. The number of halogens is 2. The van der Waals surface area contributed by atoms with Gasteiger partial charge in [0.25, 0.3) is 0 Å². The largest absolute Gasteiger partial charge is 0.444 e. The van der Waals surface area contributed by atoms with E-state index in [0.717, 1.165) is 39.4 Å². The van der Waals surface area contributed by atoms with E-state index in [1.54, 1.807) is 23.1 Å². The lowest BCUT2D eigenvalue weighted by molar-refractivity contribution is -0.0504. The minimum absolute atomic E-state index is 0.155. The van der Waals surface area contributed by atoms with E-state index < -0.39 is 12.2 Å². The molecule has 1 fully saturated rings. The summed E-state index contributed by atoms with van der Waals surface area (Å²) in [4.78, 5) is 25.8. The summed E-state index contributed by atoms with van der Waals surface area (Å²) in [5.74, 6) is 1.80. The van der Waals surface area contributed by atoms with E-state index in [4.69, 9.17) is 14.5 Å². The van der Waals surface area contributed by atoms with Crippen LogP contribution in [0.4, 0.5) is 19.4 Å². The Balaban J connectivity index is 1.35. The monoisotopic (exact) mass is 563 g/mol. The van der Waals surface area contributed by atoms with E-state index in [1.807, 2.05) is 56.7 Å². The predicted octanol–water partition coefficient (Wildman–Crippen LogP) is 6.42. The fourth-order valence-corrected chi connectivity index (χ4v) is 5.09. The fraction of sp³-hybridized carbons (Fsp3) is 0.387. The van der Waals surface area contributed by atoms with Gasteiger partial charge in [0.2, 0.25) is 0 Å². The quantitative estimate of drug-likeness (QED) is 0.270. The van der Waals surface area contributed by atoms with Crippen molar-refractivity contribution in [2.75, 3.05) is 31.1 Å². The van der Waals surface area contributed by atoms with Crippen molar-refractivity contribution >= 4 is 22.9 Å². The summed E-state index contributed by atoms with van der Waals surface area (Å²) < 4.78 is 38.2. The average molecular weight is 564 g/mol. The number of carbonyl (C=O) groups excluding carboxylic acids is 1. The van der Waals surface area contributed by atoms with Crippen molar-refractivity contribution in [2.24, 2.45) is 0 Å². The van der Waals surface area contributed by atoms with E-state index >= 15 is 0 Å². The summed E-state index contributed by atoms with van der Waals surface area (Å²) in [5, 5.41) is 0. The van der Waals surface area contributed by atoms with Gasteiger partial charge in [-0.25, -0.2) is 14.8 Å². The number of anilines is 1. The lowest BCUT2D eigenvalue weighted by atomic mass is 10.0. The van der Waals surface area contributed by atoms with Crippen LogP contribution in [0.25, 0.3) is 22.2 Å². The second-order valence-electron chi connectivity index (χ2n) is 11.2. The molecule has 0 atom stereocenters. The highest BCUT2D eigenvalue weighted by Crippen LogP contribution is 2.31. The van der Waals surface area contributed by atoms with Crippen LogP contribution in [0, 0.1) is 13.8 Å². The molecule has 2 aromatic carbocycles. The van der Waals surface area contributed by atoms with Crippen molar-refractivity contribution in [3.05, 3.63) is 71.7 Å². The zero-order valence-corrected chi connectivity index (χ0v) is 24.0. The third-order valence-corrected chi connectivity index (χ3v) is 7.12. The van der Waals surface area contributed by atoms with Gasteiger partial charge in [-0.1, -0.05) is 24.3 Å². The number of aromatic nitrogens is 3. The van der Waals surface area contributed by atoms with Gasteiger partial charge in [0.05, 0.1) is 17.6 Å². The molecule has 1 saturated heterocycles. The summed E-state index contributed by atoms with van der Waals surface area (Å²) in [6.45, 7) is 9.51. The van der Waals surface area contributed by atoms with Crippen molar-refractivity contribution in [1.29, 1.82) is 0 Å². The normalized spacial score (nSPS) is 14.1. The van der Waals surface area contributed by atoms with Gasteiger partial charge < -0.3 is 23.8 Å². The molecule has 3 heterocycles. The zero-order valence-electron chi connectivity index (χ0n) is 24.0. The minimum atomic E-state index is -2.89. The first-order chi connectivity index (χ1) is 19.5. The highest BCUT2D eigenvalue weighted by atomic mass is 19.3. The molecule has 8 nitrogen and oxygen atoms in total. The second kappa shape index (κ2) is 11.3. The van der Waals surface area contributed by atoms with Gasteiger partial charge in [-0.2, -0.15) is 8.78 Å². The van der Waals surface area contributed by atoms with Gasteiger partial charge in [0.15, 0.2) is 0 Å². The molecule has 0 radical (unpaired) electrons. The molecule has 0 N–H and O–H groups in total. The zero-order chi connectivity index (χ0) is 29.3. The molecule has 1 aliphatic rings. The highest BCUT2D eigenvalue weighted by molar-refractivity contribution is 5.83. The van der Waals surface area contributed by atoms with E-state index in [0.29, 0.717) is 38.3 Å². The maximum atomic E-state index is 13.0. The number of fused-ring (bicyclic) bond motifs is 1. The van der Waals surface area contributed by atoms with Gasteiger partial charge in [0.1, 0.15) is 23.0 Å². The van der Waals surface area contributed by atoms with Crippen LogP contribution < -0.4 is 9.64 Å². The van der Waals surface area contributed by atoms with Crippen LogP contribution in [-0.4, -0.2) is 63.9 Å². The topological polar surface area (TPSA) is 72.7 Å². The number of aryl methyl sites for hydroxylation is 2. The van der Waals surface area contributed by atoms with Crippen molar-refractivity contribution in [1.82, 2.24) is 19.4 Å². The van der Waals surface area contributed by atoms with Crippen molar-refractivity contribution in [3.63, 3.8) is 0 Å². The molecule has 1 amide bonds. The SMILES string of the molecule is Cc1cc(N2CCN(C(=O)OC(C)(C)C)CC2)ncc1-c1ccc2nc(C)n(Cc3ccccc3OC(F)F)c2c1. The second-order valence-corrected chi connectivity index (χ2v) is 11.2. The number of hydrogen-bond donors (Lipinski definition) is 0. The molecule has 0 aliphatic carbocycles. The number of rotatable bonds is 6. The first-order valence-electron chi connectivity index (χ1n) is 13.7. The lowest BCUT2D eigenvalue weighted by Gasteiger charge is -2.36. The van der Waals surface area contributed by atoms with Crippen LogP contribution in [0.15, 0.2) is 54.7 Å². The molecule has 0 saturated carbocycles. The number of nitrogens with zero attached hydrogens (tertiary/aromatic N) is 5. The molecule has 0 bridgehead atoms. The fourth-order valence-electron chi connectivity index (χ4n) is 5.09. The average Bonchev–Trinajstić information content (AvgIpc) is 3.22. The Morgan fingerprint density at radius 3 is 2.44 bits per heavy atom. The summed E-state index contributed by atoms with van der Waals surface area (Å²) in [6, 6.07) is 15.0. The van der Waals surface area contributed by atoms with Crippen LogP contribution in [0.3, 0.4) is 0 Å². The number of pyridine rings is 1. The van der Waals surface area contributed by atoms with E-state index in [2.05, 4.69) is 28.9 Å². The molecule has 10 heteroatoms. The minimum Gasteiger partial charge on any atom is -0.444 e. The number of imidazole rings is 1. The maximum Gasteiger partial charge on any atom is 0.410 e. The number of para-hydroxylation sites is 1. The molecule has 5 rings (SSSR count). The van der Waals surface area contributed by atoms with Crippen LogP contribution in [0.2, 0.25) is 0 Å². The number of amides is 1. The first kappa shape index (κ1) is 28.3. The Kier molecular flexibility index (Phi) is 7.84. The lowest BCUT2D eigenvalue weighted by Crippen LogP contribution is -2.50.